The van der Waals surface area contributed by atoms with Crippen LogP contribution in [0.3, 0.4) is 0 Å². The van der Waals surface area contributed by atoms with Gasteiger partial charge in [0.2, 0.25) is 0 Å². The number of aryl methyl sites for hydroxylation is 1. The van der Waals surface area contributed by atoms with Crippen LogP contribution in [0, 0.1) is 6.92 Å². The Morgan fingerprint density at radius 3 is 2.06 bits per heavy atom. The maximum atomic E-state index is 14.3. The molecule has 0 saturated carbocycles. The third-order valence-electron chi connectivity index (χ3n) is 5.22. The lowest BCUT2D eigenvalue weighted by atomic mass is 9.96. The molecule has 1 aromatic heterocycles. The Balaban J connectivity index is 1.90. The van der Waals surface area contributed by atoms with E-state index in [-0.39, 0.29) is 39.2 Å². The molecule has 1 heterocycles. The fraction of sp³-hybridized carbons (Fsp3) is 0.0769. The van der Waals surface area contributed by atoms with Gasteiger partial charge in [-0.05, 0) is 48.4 Å². The molecule has 0 radical (unpaired) electrons. The van der Waals surface area contributed by atoms with Gasteiger partial charge in [0.15, 0.2) is 0 Å². The van der Waals surface area contributed by atoms with Gasteiger partial charge in [0, 0.05) is 28.5 Å². The molecule has 0 aliphatic heterocycles. The average Bonchev–Trinajstić information content (AvgIpc) is 3.19. The van der Waals surface area contributed by atoms with E-state index in [0.29, 0.717) is 10.9 Å². The molecule has 0 N–H and O–H groups in total. The summed E-state index contributed by atoms with van der Waals surface area (Å²) in [5.74, 6) is -1.04. The Bertz CT molecular complexity index is 1460. The van der Waals surface area contributed by atoms with Crippen molar-refractivity contribution >= 4 is 33.9 Å². The molecule has 4 rings (SSSR count). The standard InChI is InChI=1S/C26H17F3O5/c1-4-21(30)32-16-8-6-15(7-9-16)17-10-11-19-18-12-13-20(33-22(31)5-2)14(3)24(18)34-25(19)23(17)26(27,28)29/h4-13H,1-2H2,3H3. The molecule has 0 saturated heterocycles. The van der Waals surface area contributed by atoms with Gasteiger partial charge in [0.1, 0.15) is 28.2 Å². The molecule has 172 valence electrons. The Labute approximate surface area is 191 Å². The first-order valence-electron chi connectivity index (χ1n) is 9.99. The quantitative estimate of drug-likeness (QED) is 0.185. The topological polar surface area (TPSA) is 65.7 Å². The van der Waals surface area contributed by atoms with Gasteiger partial charge in [-0.1, -0.05) is 31.4 Å². The van der Waals surface area contributed by atoms with Crippen LogP contribution in [-0.4, -0.2) is 11.9 Å². The van der Waals surface area contributed by atoms with Gasteiger partial charge >= 0.3 is 18.1 Å². The number of carbonyl (C=O) groups excluding carboxylic acids is 2. The molecule has 0 unspecified atom stereocenters. The number of hydrogen-bond donors (Lipinski definition) is 0. The molecule has 34 heavy (non-hydrogen) atoms. The first kappa shape index (κ1) is 22.8. The van der Waals surface area contributed by atoms with Crippen molar-refractivity contribution in [3.63, 3.8) is 0 Å². The highest BCUT2D eigenvalue weighted by Crippen LogP contribution is 2.45. The van der Waals surface area contributed by atoms with E-state index < -0.39 is 23.7 Å². The second-order valence-corrected chi connectivity index (χ2v) is 7.30. The number of rotatable bonds is 5. The van der Waals surface area contributed by atoms with E-state index in [4.69, 9.17) is 13.9 Å². The first-order chi connectivity index (χ1) is 16.1. The highest BCUT2D eigenvalue weighted by atomic mass is 19.4. The van der Waals surface area contributed by atoms with Crippen molar-refractivity contribution in [3.05, 3.63) is 85.0 Å². The van der Waals surface area contributed by atoms with E-state index >= 15 is 0 Å². The van der Waals surface area contributed by atoms with Gasteiger partial charge in [-0.3, -0.25) is 0 Å². The van der Waals surface area contributed by atoms with Crippen molar-refractivity contribution in [1.29, 1.82) is 0 Å². The molecular weight excluding hydrogens is 449 g/mol. The number of benzene rings is 3. The van der Waals surface area contributed by atoms with Crippen molar-refractivity contribution in [2.24, 2.45) is 0 Å². The zero-order valence-electron chi connectivity index (χ0n) is 17.9. The summed E-state index contributed by atoms with van der Waals surface area (Å²) >= 11 is 0. The molecule has 4 aromatic rings. The van der Waals surface area contributed by atoms with Gasteiger partial charge < -0.3 is 13.9 Å². The SMILES string of the molecule is C=CC(=O)Oc1ccc(-c2ccc3c(oc4c(C)c(OC(=O)C=C)ccc43)c2C(F)(F)F)cc1. The van der Waals surface area contributed by atoms with Crippen LogP contribution in [0.1, 0.15) is 11.1 Å². The lowest BCUT2D eigenvalue weighted by Gasteiger charge is -2.14. The number of esters is 2. The molecule has 0 atom stereocenters. The second kappa shape index (κ2) is 8.55. The highest BCUT2D eigenvalue weighted by molar-refractivity contribution is 6.09. The highest BCUT2D eigenvalue weighted by Gasteiger charge is 2.38. The largest absolute Gasteiger partial charge is 0.455 e. The molecule has 0 spiro atoms. The minimum absolute atomic E-state index is 0.100. The molecule has 0 aliphatic carbocycles. The monoisotopic (exact) mass is 466 g/mol. The summed E-state index contributed by atoms with van der Waals surface area (Å²) in [6, 6.07) is 11.6. The lowest BCUT2D eigenvalue weighted by Crippen LogP contribution is -2.08. The van der Waals surface area contributed by atoms with E-state index in [1.807, 2.05) is 0 Å². The number of halogens is 3. The maximum absolute atomic E-state index is 14.3. The van der Waals surface area contributed by atoms with Crippen molar-refractivity contribution in [3.8, 4) is 22.6 Å². The lowest BCUT2D eigenvalue weighted by molar-refractivity contribution is -0.136. The summed E-state index contributed by atoms with van der Waals surface area (Å²) in [5.41, 5.74) is -0.564. The number of fused-ring (bicyclic) bond motifs is 3. The van der Waals surface area contributed by atoms with Crippen LogP contribution in [0.15, 0.2) is 78.3 Å². The maximum Gasteiger partial charge on any atom is 0.420 e. The number of carbonyl (C=O) groups is 2. The second-order valence-electron chi connectivity index (χ2n) is 7.30. The summed E-state index contributed by atoms with van der Waals surface area (Å²) < 4.78 is 58.7. The van der Waals surface area contributed by atoms with Crippen molar-refractivity contribution in [1.82, 2.24) is 0 Å². The van der Waals surface area contributed by atoms with Gasteiger partial charge in [0.25, 0.3) is 0 Å². The van der Waals surface area contributed by atoms with E-state index in [0.717, 1.165) is 12.2 Å². The van der Waals surface area contributed by atoms with Crippen LogP contribution >= 0.6 is 0 Å². The molecule has 3 aromatic carbocycles. The Hall–Kier alpha value is -4.33. The first-order valence-corrected chi connectivity index (χ1v) is 9.99. The number of alkyl halides is 3. The van der Waals surface area contributed by atoms with Gasteiger partial charge in [0.05, 0.1) is 0 Å². The Kier molecular flexibility index (Phi) is 5.75. The summed E-state index contributed by atoms with van der Waals surface area (Å²) in [4.78, 5) is 22.9. The van der Waals surface area contributed by atoms with E-state index in [9.17, 15) is 22.8 Å². The summed E-state index contributed by atoms with van der Waals surface area (Å²) in [7, 11) is 0. The van der Waals surface area contributed by atoms with Gasteiger partial charge in [-0.25, -0.2) is 9.59 Å². The normalized spacial score (nSPS) is 11.4. The van der Waals surface area contributed by atoms with Crippen molar-refractivity contribution in [2.45, 2.75) is 13.1 Å². The average molecular weight is 466 g/mol. The summed E-state index contributed by atoms with van der Waals surface area (Å²) in [6.45, 7) is 8.22. The fourth-order valence-corrected chi connectivity index (χ4v) is 3.66. The molecule has 0 amide bonds. The molecular formula is C26H17F3O5. The third-order valence-corrected chi connectivity index (χ3v) is 5.22. The van der Waals surface area contributed by atoms with E-state index in [2.05, 4.69) is 13.2 Å². The van der Waals surface area contributed by atoms with Crippen LogP contribution < -0.4 is 9.47 Å². The summed E-state index contributed by atoms with van der Waals surface area (Å²) in [5, 5.41) is 0.724. The molecule has 0 fully saturated rings. The Morgan fingerprint density at radius 1 is 0.853 bits per heavy atom. The zero-order valence-corrected chi connectivity index (χ0v) is 17.9. The number of hydrogen-bond acceptors (Lipinski definition) is 5. The number of ether oxygens (including phenoxy) is 2. The van der Waals surface area contributed by atoms with Crippen LogP contribution in [0.5, 0.6) is 11.5 Å². The van der Waals surface area contributed by atoms with Gasteiger partial charge in [-0.2, -0.15) is 13.2 Å². The minimum atomic E-state index is -4.73. The van der Waals surface area contributed by atoms with Crippen LogP contribution in [0.2, 0.25) is 0 Å². The van der Waals surface area contributed by atoms with Crippen molar-refractivity contribution in [2.75, 3.05) is 0 Å². The Morgan fingerprint density at radius 2 is 1.44 bits per heavy atom. The zero-order chi connectivity index (χ0) is 24.6. The smallest absolute Gasteiger partial charge is 0.420 e. The molecule has 0 bridgehead atoms. The van der Waals surface area contributed by atoms with Gasteiger partial charge in [-0.15, -0.1) is 0 Å². The predicted octanol–water partition coefficient (Wildman–Crippen LogP) is 6.76. The predicted molar refractivity (Wildman–Crippen MR) is 121 cm³/mol. The van der Waals surface area contributed by atoms with E-state index in [1.54, 1.807) is 19.1 Å². The summed E-state index contributed by atoms with van der Waals surface area (Å²) in [6.07, 6.45) is -2.76. The third kappa shape index (κ3) is 4.05. The molecule has 8 heteroatoms. The van der Waals surface area contributed by atoms with E-state index in [1.165, 1.54) is 36.4 Å². The van der Waals surface area contributed by atoms with Crippen LogP contribution in [0.25, 0.3) is 33.1 Å². The van der Waals surface area contributed by atoms with Crippen LogP contribution in [-0.2, 0) is 15.8 Å². The molecule has 5 nitrogen and oxygen atoms in total. The van der Waals surface area contributed by atoms with Crippen LogP contribution in [0.4, 0.5) is 13.2 Å². The molecule has 0 aliphatic rings. The number of furan rings is 1. The fourth-order valence-electron chi connectivity index (χ4n) is 3.66. The van der Waals surface area contributed by atoms with Crippen molar-refractivity contribution < 1.29 is 36.7 Å². The minimum Gasteiger partial charge on any atom is -0.455 e.